The van der Waals surface area contributed by atoms with Crippen molar-refractivity contribution in [1.29, 1.82) is 0 Å². The number of nitrogens with one attached hydrogen (secondary N) is 1. The standard InChI is InChI=1S/C19H16ClFN4OS/c1-2-10-25-18(13-6-4-3-5-7-13)23-24-19(25)27-12-17(26)22-16-11-14(20)8-9-15(16)21/h2-9,11H,1,10,12H2,(H,22,26). The van der Waals surface area contributed by atoms with Gasteiger partial charge < -0.3 is 5.32 Å². The average Bonchev–Trinajstić information content (AvgIpc) is 3.07. The Kier molecular flexibility index (Phi) is 6.26. The quantitative estimate of drug-likeness (QED) is 0.461. The van der Waals surface area contributed by atoms with Crippen LogP contribution in [0.1, 0.15) is 0 Å². The fraction of sp³-hybridized carbons (Fsp3) is 0.105. The van der Waals surface area contributed by atoms with Crippen molar-refractivity contribution in [2.45, 2.75) is 11.7 Å². The second-order valence-corrected chi connectivity index (χ2v) is 6.91. The average molecular weight is 403 g/mol. The van der Waals surface area contributed by atoms with E-state index in [1.165, 1.54) is 30.0 Å². The minimum Gasteiger partial charge on any atom is -0.323 e. The van der Waals surface area contributed by atoms with E-state index in [0.717, 1.165) is 5.56 Å². The molecular weight excluding hydrogens is 387 g/mol. The van der Waals surface area contributed by atoms with Crippen molar-refractivity contribution in [3.8, 4) is 11.4 Å². The molecule has 0 aliphatic rings. The summed E-state index contributed by atoms with van der Waals surface area (Å²) in [5.74, 6) is -0.162. The van der Waals surface area contributed by atoms with Crippen LogP contribution in [0.3, 0.4) is 0 Å². The van der Waals surface area contributed by atoms with Crippen LogP contribution in [-0.2, 0) is 11.3 Å². The van der Waals surface area contributed by atoms with Gasteiger partial charge in [-0.15, -0.1) is 16.8 Å². The van der Waals surface area contributed by atoms with Crippen LogP contribution in [0.15, 0.2) is 66.3 Å². The number of amides is 1. The summed E-state index contributed by atoms with van der Waals surface area (Å²) in [4.78, 5) is 12.2. The van der Waals surface area contributed by atoms with E-state index in [9.17, 15) is 9.18 Å². The van der Waals surface area contributed by atoms with Gasteiger partial charge in [-0.05, 0) is 18.2 Å². The summed E-state index contributed by atoms with van der Waals surface area (Å²) in [5, 5.41) is 11.8. The van der Waals surface area contributed by atoms with Crippen molar-refractivity contribution in [2.24, 2.45) is 0 Å². The molecule has 0 bridgehead atoms. The van der Waals surface area contributed by atoms with Crippen LogP contribution in [0.2, 0.25) is 5.02 Å². The second kappa shape index (κ2) is 8.83. The van der Waals surface area contributed by atoms with Gasteiger partial charge in [-0.1, -0.05) is 59.8 Å². The second-order valence-electron chi connectivity index (χ2n) is 5.53. The molecule has 0 radical (unpaired) electrons. The topological polar surface area (TPSA) is 59.8 Å². The fourth-order valence-corrected chi connectivity index (χ4v) is 3.32. The number of anilines is 1. The first-order valence-electron chi connectivity index (χ1n) is 8.05. The summed E-state index contributed by atoms with van der Waals surface area (Å²) in [6.45, 7) is 4.27. The zero-order valence-electron chi connectivity index (χ0n) is 14.2. The van der Waals surface area contributed by atoms with Gasteiger partial charge in [0.15, 0.2) is 11.0 Å². The smallest absolute Gasteiger partial charge is 0.234 e. The molecule has 3 rings (SSSR count). The highest BCUT2D eigenvalue weighted by Crippen LogP contribution is 2.25. The molecule has 2 aromatic carbocycles. The van der Waals surface area contributed by atoms with Crippen LogP contribution >= 0.6 is 23.4 Å². The molecule has 0 saturated carbocycles. The first-order chi connectivity index (χ1) is 13.1. The normalized spacial score (nSPS) is 10.6. The Bertz CT molecular complexity index is 962. The molecule has 0 aliphatic carbocycles. The molecule has 1 heterocycles. The van der Waals surface area contributed by atoms with Gasteiger partial charge in [0, 0.05) is 17.1 Å². The highest BCUT2D eigenvalue weighted by molar-refractivity contribution is 7.99. The van der Waals surface area contributed by atoms with Crippen LogP contribution < -0.4 is 5.32 Å². The molecular formula is C19H16ClFN4OS. The summed E-state index contributed by atoms with van der Waals surface area (Å²) < 4.78 is 15.6. The number of hydrogen-bond donors (Lipinski definition) is 1. The fourth-order valence-electron chi connectivity index (χ4n) is 2.40. The van der Waals surface area contributed by atoms with E-state index in [4.69, 9.17) is 11.6 Å². The maximum Gasteiger partial charge on any atom is 0.234 e. The molecule has 8 heteroatoms. The summed E-state index contributed by atoms with van der Waals surface area (Å²) in [5.41, 5.74) is 0.967. The van der Waals surface area contributed by atoms with Gasteiger partial charge in [0.2, 0.25) is 5.91 Å². The van der Waals surface area contributed by atoms with E-state index in [1.54, 1.807) is 6.08 Å². The lowest BCUT2D eigenvalue weighted by Crippen LogP contribution is -2.15. The van der Waals surface area contributed by atoms with Crippen molar-refractivity contribution in [3.63, 3.8) is 0 Å². The molecule has 0 saturated heterocycles. The van der Waals surface area contributed by atoms with E-state index in [2.05, 4.69) is 22.1 Å². The summed E-state index contributed by atoms with van der Waals surface area (Å²) >= 11 is 7.05. The van der Waals surface area contributed by atoms with Crippen LogP contribution in [0, 0.1) is 5.82 Å². The third-order valence-corrected chi connectivity index (χ3v) is 4.80. The third kappa shape index (κ3) is 4.75. The molecule has 0 atom stereocenters. The lowest BCUT2D eigenvalue weighted by atomic mass is 10.2. The van der Waals surface area contributed by atoms with E-state index >= 15 is 0 Å². The molecule has 0 unspecified atom stereocenters. The molecule has 0 fully saturated rings. The van der Waals surface area contributed by atoms with Gasteiger partial charge in [0.05, 0.1) is 11.4 Å². The Labute approximate surface area is 165 Å². The SMILES string of the molecule is C=CCn1c(SCC(=O)Nc2cc(Cl)ccc2F)nnc1-c1ccccc1. The zero-order chi connectivity index (χ0) is 19.2. The summed E-state index contributed by atoms with van der Waals surface area (Å²) in [6, 6.07) is 13.6. The van der Waals surface area contributed by atoms with Gasteiger partial charge in [-0.25, -0.2) is 4.39 Å². The van der Waals surface area contributed by atoms with E-state index in [0.29, 0.717) is 22.5 Å². The van der Waals surface area contributed by atoms with Crippen LogP contribution in [0.25, 0.3) is 11.4 Å². The zero-order valence-corrected chi connectivity index (χ0v) is 15.8. The Morgan fingerprint density at radius 2 is 2.04 bits per heavy atom. The van der Waals surface area contributed by atoms with Crippen LogP contribution in [-0.4, -0.2) is 26.4 Å². The number of halogens is 2. The maximum absolute atomic E-state index is 13.7. The number of nitrogens with zero attached hydrogens (tertiary/aromatic N) is 3. The minimum absolute atomic E-state index is 0.0469. The molecule has 0 aliphatic heterocycles. The van der Waals surface area contributed by atoms with Crippen molar-refractivity contribution in [1.82, 2.24) is 14.8 Å². The van der Waals surface area contributed by atoms with Crippen molar-refractivity contribution >= 4 is 35.0 Å². The van der Waals surface area contributed by atoms with E-state index < -0.39 is 5.82 Å². The number of carbonyl (C=O) groups is 1. The third-order valence-electron chi connectivity index (χ3n) is 3.60. The first-order valence-corrected chi connectivity index (χ1v) is 9.42. The Balaban J connectivity index is 1.72. The summed E-state index contributed by atoms with van der Waals surface area (Å²) in [7, 11) is 0. The molecule has 27 heavy (non-hydrogen) atoms. The van der Waals surface area contributed by atoms with E-state index in [-0.39, 0.29) is 17.3 Å². The van der Waals surface area contributed by atoms with Crippen molar-refractivity contribution in [2.75, 3.05) is 11.1 Å². The maximum atomic E-state index is 13.7. The number of rotatable bonds is 7. The molecule has 138 valence electrons. The van der Waals surface area contributed by atoms with Gasteiger partial charge in [-0.2, -0.15) is 0 Å². The van der Waals surface area contributed by atoms with Crippen LogP contribution in [0.5, 0.6) is 0 Å². The molecule has 5 nitrogen and oxygen atoms in total. The minimum atomic E-state index is -0.543. The van der Waals surface area contributed by atoms with Crippen LogP contribution in [0.4, 0.5) is 10.1 Å². The number of benzene rings is 2. The van der Waals surface area contributed by atoms with Crippen molar-refractivity contribution < 1.29 is 9.18 Å². The number of carbonyl (C=O) groups excluding carboxylic acids is 1. The van der Waals surface area contributed by atoms with Gasteiger partial charge in [0.25, 0.3) is 0 Å². The first kappa shape index (κ1) is 19.1. The Morgan fingerprint density at radius 1 is 1.26 bits per heavy atom. The summed E-state index contributed by atoms with van der Waals surface area (Å²) in [6.07, 6.45) is 1.74. The monoisotopic (exact) mass is 402 g/mol. The Morgan fingerprint density at radius 3 is 2.78 bits per heavy atom. The molecule has 1 amide bonds. The number of hydrogen-bond acceptors (Lipinski definition) is 4. The highest BCUT2D eigenvalue weighted by atomic mass is 35.5. The number of aromatic nitrogens is 3. The van der Waals surface area contributed by atoms with Gasteiger partial charge in [0.1, 0.15) is 5.82 Å². The van der Waals surface area contributed by atoms with Gasteiger partial charge in [-0.3, -0.25) is 9.36 Å². The molecule has 0 spiro atoms. The van der Waals surface area contributed by atoms with Crippen molar-refractivity contribution in [3.05, 3.63) is 72.0 Å². The largest absolute Gasteiger partial charge is 0.323 e. The number of thioether (sulfide) groups is 1. The Hall–Kier alpha value is -2.64. The predicted octanol–water partition coefficient (Wildman–Crippen LogP) is 4.65. The number of allylic oxidation sites excluding steroid dienone is 1. The van der Waals surface area contributed by atoms with Gasteiger partial charge >= 0.3 is 0 Å². The lowest BCUT2D eigenvalue weighted by Gasteiger charge is -2.09. The lowest BCUT2D eigenvalue weighted by molar-refractivity contribution is -0.113. The molecule has 3 aromatic rings. The van der Waals surface area contributed by atoms with E-state index in [1.807, 2.05) is 34.9 Å². The molecule has 1 N–H and O–H groups in total. The molecule has 1 aromatic heterocycles. The predicted molar refractivity (Wildman–Crippen MR) is 106 cm³/mol. The highest BCUT2D eigenvalue weighted by Gasteiger charge is 2.15.